The van der Waals surface area contributed by atoms with Gasteiger partial charge in [0.25, 0.3) is 0 Å². The van der Waals surface area contributed by atoms with Crippen molar-refractivity contribution in [1.82, 2.24) is 9.55 Å². The van der Waals surface area contributed by atoms with Crippen molar-refractivity contribution in [2.45, 2.75) is 44.7 Å². The Labute approximate surface area is 162 Å². The summed E-state index contributed by atoms with van der Waals surface area (Å²) in [5.41, 5.74) is 1.02. The zero-order valence-electron chi connectivity index (χ0n) is 15.8. The zero-order chi connectivity index (χ0) is 21.1. The highest BCUT2D eigenvalue weighted by Gasteiger charge is 2.35. The molecule has 0 atom stereocenters. The van der Waals surface area contributed by atoms with Crippen LogP contribution in [0.25, 0.3) is 11.3 Å². The topological polar surface area (TPSA) is 78.0 Å². The van der Waals surface area contributed by atoms with Gasteiger partial charge >= 0.3 is 6.18 Å². The van der Waals surface area contributed by atoms with Gasteiger partial charge in [0, 0.05) is 11.9 Å². The third-order valence-electron chi connectivity index (χ3n) is 4.27. The number of rotatable bonds is 6. The van der Waals surface area contributed by atoms with Crippen LogP contribution in [-0.2, 0) is 16.2 Å². The van der Waals surface area contributed by atoms with Gasteiger partial charge in [0.2, 0.25) is 10.0 Å². The second-order valence-electron chi connectivity index (χ2n) is 6.24. The number of hydrogen-bond acceptors (Lipinski definition) is 3. The van der Waals surface area contributed by atoms with Crippen LogP contribution >= 0.6 is 0 Å². The first-order valence-electron chi connectivity index (χ1n) is 8.63. The third kappa shape index (κ3) is 5.11. The molecule has 0 aliphatic rings. The second kappa shape index (κ2) is 8.32. The average molecular weight is 413 g/mol. The molecular weight excluding hydrogens is 391 g/mol. The van der Waals surface area contributed by atoms with E-state index >= 15 is 0 Å². The Bertz CT molecular complexity index is 996. The maximum atomic E-state index is 13.2. The van der Waals surface area contributed by atoms with Crippen LogP contribution < -0.4 is 5.14 Å². The highest BCUT2D eigenvalue weighted by atomic mass is 32.2. The molecule has 152 valence electrons. The summed E-state index contributed by atoms with van der Waals surface area (Å²) < 4.78 is 63.7. The quantitative estimate of drug-likeness (QED) is 0.698. The van der Waals surface area contributed by atoms with Gasteiger partial charge in [0.15, 0.2) is 5.69 Å². The molecule has 1 aromatic carbocycles. The minimum atomic E-state index is -4.60. The molecule has 0 amide bonds. The van der Waals surface area contributed by atoms with Gasteiger partial charge in [0.1, 0.15) is 5.82 Å². The molecule has 0 saturated carbocycles. The van der Waals surface area contributed by atoms with Gasteiger partial charge in [-0.3, -0.25) is 4.57 Å². The summed E-state index contributed by atoms with van der Waals surface area (Å²) in [7, 11) is -3.89. The number of allylic oxidation sites excluding steroid dienone is 4. The van der Waals surface area contributed by atoms with Crippen molar-refractivity contribution in [3.05, 3.63) is 59.7 Å². The summed E-state index contributed by atoms with van der Waals surface area (Å²) in [6.45, 7) is 5.69. The Kier molecular flexibility index (Phi) is 6.51. The van der Waals surface area contributed by atoms with E-state index in [9.17, 15) is 21.6 Å². The standard InChI is InChI=1S/C19H22F3N3O2S/c1-4-14(5-2)7-6-13(3)18-24-17(19(20,21)22)12-25(18)15-8-10-16(11-9-15)28(23,26)27/h6-12H,4-5H2,1-3H3,(H2,23,26,27)/b13-6+. The molecular formula is C19H22F3N3O2S. The van der Waals surface area contributed by atoms with Gasteiger partial charge in [-0.25, -0.2) is 18.5 Å². The number of hydrogen-bond donors (Lipinski definition) is 1. The lowest BCUT2D eigenvalue weighted by molar-refractivity contribution is -0.140. The Balaban J connectivity index is 2.59. The van der Waals surface area contributed by atoms with Crippen LogP contribution in [0.5, 0.6) is 0 Å². The van der Waals surface area contributed by atoms with Crippen molar-refractivity contribution in [3.8, 4) is 5.69 Å². The van der Waals surface area contributed by atoms with E-state index in [0.29, 0.717) is 11.3 Å². The summed E-state index contributed by atoms with van der Waals surface area (Å²) in [6, 6.07) is 5.26. The highest BCUT2D eigenvalue weighted by Crippen LogP contribution is 2.31. The number of nitrogens with zero attached hydrogens (tertiary/aromatic N) is 2. The number of benzene rings is 1. The number of imidazole rings is 1. The average Bonchev–Trinajstić information content (AvgIpc) is 3.07. The van der Waals surface area contributed by atoms with Crippen molar-refractivity contribution in [1.29, 1.82) is 0 Å². The van der Waals surface area contributed by atoms with E-state index in [4.69, 9.17) is 5.14 Å². The Morgan fingerprint density at radius 2 is 1.71 bits per heavy atom. The van der Waals surface area contributed by atoms with Crippen LogP contribution in [-0.4, -0.2) is 18.0 Å². The molecule has 0 aliphatic heterocycles. The van der Waals surface area contributed by atoms with Crippen molar-refractivity contribution in [2.24, 2.45) is 5.14 Å². The lowest BCUT2D eigenvalue weighted by Gasteiger charge is -2.09. The SMILES string of the molecule is CCC(=C/C=C(\C)c1nc(C(F)(F)F)cn1-c1ccc(S(N)(=O)=O)cc1)CC. The van der Waals surface area contributed by atoms with E-state index in [1.807, 2.05) is 19.9 Å². The second-order valence-corrected chi connectivity index (χ2v) is 7.80. The van der Waals surface area contributed by atoms with Crippen LogP contribution in [0.1, 0.15) is 45.1 Å². The van der Waals surface area contributed by atoms with Gasteiger partial charge in [0.05, 0.1) is 4.90 Å². The molecule has 0 bridgehead atoms. The molecule has 9 heteroatoms. The fraction of sp³-hybridized carbons (Fsp3) is 0.316. The van der Waals surface area contributed by atoms with E-state index in [-0.39, 0.29) is 10.7 Å². The lowest BCUT2D eigenvalue weighted by Crippen LogP contribution is -2.12. The Morgan fingerprint density at radius 1 is 1.14 bits per heavy atom. The minimum absolute atomic E-state index is 0.124. The third-order valence-corrected chi connectivity index (χ3v) is 5.20. The number of nitrogens with two attached hydrogens (primary N) is 1. The molecule has 0 spiro atoms. The first kappa shape index (κ1) is 21.9. The summed E-state index contributed by atoms with van der Waals surface area (Å²) >= 11 is 0. The van der Waals surface area contributed by atoms with E-state index in [1.165, 1.54) is 28.8 Å². The molecule has 2 N–H and O–H groups in total. The van der Waals surface area contributed by atoms with Gasteiger partial charge in [-0.15, -0.1) is 0 Å². The van der Waals surface area contributed by atoms with E-state index in [1.54, 1.807) is 13.0 Å². The monoisotopic (exact) mass is 413 g/mol. The Morgan fingerprint density at radius 3 is 2.18 bits per heavy atom. The van der Waals surface area contributed by atoms with Crippen molar-refractivity contribution in [2.75, 3.05) is 0 Å². The molecule has 0 unspecified atom stereocenters. The molecule has 1 heterocycles. The molecule has 2 rings (SSSR count). The summed E-state index contributed by atoms with van der Waals surface area (Å²) in [4.78, 5) is 3.63. The molecule has 0 radical (unpaired) electrons. The first-order valence-corrected chi connectivity index (χ1v) is 10.2. The fourth-order valence-corrected chi connectivity index (χ4v) is 3.11. The maximum Gasteiger partial charge on any atom is 0.434 e. The smallest absolute Gasteiger partial charge is 0.299 e. The predicted octanol–water partition coefficient (Wildman–Crippen LogP) is 4.69. The summed E-state index contributed by atoms with van der Waals surface area (Å²) in [6.07, 6.45) is 1.60. The van der Waals surface area contributed by atoms with E-state index in [2.05, 4.69) is 4.98 Å². The van der Waals surface area contributed by atoms with Gasteiger partial charge in [-0.05, 0) is 49.6 Å². The predicted molar refractivity (Wildman–Crippen MR) is 102 cm³/mol. The highest BCUT2D eigenvalue weighted by molar-refractivity contribution is 7.89. The molecule has 0 saturated heterocycles. The van der Waals surface area contributed by atoms with Crippen LogP contribution in [0.3, 0.4) is 0 Å². The Hall–Kier alpha value is -2.39. The first-order chi connectivity index (χ1) is 13.0. The van der Waals surface area contributed by atoms with Gasteiger partial charge in [-0.1, -0.05) is 31.6 Å². The van der Waals surface area contributed by atoms with Crippen molar-refractivity contribution < 1.29 is 21.6 Å². The normalized spacial score (nSPS) is 12.9. The molecule has 2 aromatic rings. The summed E-state index contributed by atoms with van der Waals surface area (Å²) in [5.74, 6) is 0.124. The zero-order valence-corrected chi connectivity index (χ0v) is 16.6. The van der Waals surface area contributed by atoms with Crippen LogP contribution in [0.15, 0.2) is 53.1 Å². The van der Waals surface area contributed by atoms with Crippen molar-refractivity contribution in [3.63, 3.8) is 0 Å². The number of aromatic nitrogens is 2. The maximum absolute atomic E-state index is 13.2. The number of alkyl halides is 3. The molecule has 0 aliphatic carbocycles. The summed E-state index contributed by atoms with van der Waals surface area (Å²) in [5, 5.41) is 5.07. The fourth-order valence-electron chi connectivity index (χ4n) is 2.59. The van der Waals surface area contributed by atoms with Crippen molar-refractivity contribution >= 4 is 15.6 Å². The largest absolute Gasteiger partial charge is 0.434 e. The number of halogens is 3. The van der Waals surface area contributed by atoms with Crippen LogP contribution in [0.4, 0.5) is 13.2 Å². The number of sulfonamides is 1. The van der Waals surface area contributed by atoms with Gasteiger partial charge < -0.3 is 0 Å². The van der Waals surface area contributed by atoms with E-state index in [0.717, 1.165) is 24.6 Å². The minimum Gasteiger partial charge on any atom is -0.299 e. The molecule has 1 aromatic heterocycles. The van der Waals surface area contributed by atoms with Crippen LogP contribution in [0.2, 0.25) is 0 Å². The lowest BCUT2D eigenvalue weighted by atomic mass is 10.1. The van der Waals surface area contributed by atoms with Crippen LogP contribution in [0, 0.1) is 0 Å². The van der Waals surface area contributed by atoms with Gasteiger partial charge in [-0.2, -0.15) is 13.2 Å². The number of primary sulfonamides is 1. The molecule has 5 nitrogen and oxygen atoms in total. The van der Waals surface area contributed by atoms with E-state index < -0.39 is 21.9 Å². The molecule has 0 fully saturated rings. The molecule has 28 heavy (non-hydrogen) atoms.